The van der Waals surface area contributed by atoms with Gasteiger partial charge in [-0.25, -0.2) is 14.8 Å². The predicted molar refractivity (Wildman–Crippen MR) is 186 cm³/mol. The summed E-state index contributed by atoms with van der Waals surface area (Å²) in [6.07, 6.45) is -4.11. The number of aromatic nitrogens is 8. The van der Waals surface area contributed by atoms with Crippen LogP contribution in [0, 0.1) is 0 Å². The first-order valence-electron chi connectivity index (χ1n) is 16.6. The van der Waals surface area contributed by atoms with Crippen LogP contribution in [-0.2, 0) is 40.9 Å². The average Bonchev–Trinajstić information content (AvgIpc) is 3.77. The van der Waals surface area contributed by atoms with Gasteiger partial charge in [-0.1, -0.05) is 0 Å². The van der Waals surface area contributed by atoms with Crippen LogP contribution in [0.4, 0.5) is 17.5 Å². The zero-order chi connectivity index (χ0) is 37.4. The van der Waals surface area contributed by atoms with Crippen molar-refractivity contribution in [2.75, 3.05) is 22.9 Å². The van der Waals surface area contributed by atoms with E-state index in [0.29, 0.717) is 30.1 Å². The van der Waals surface area contributed by atoms with Crippen molar-refractivity contribution in [2.24, 2.45) is 7.05 Å². The van der Waals surface area contributed by atoms with Crippen molar-refractivity contribution >= 4 is 57.5 Å². The van der Waals surface area contributed by atoms with Crippen LogP contribution in [0.3, 0.4) is 0 Å². The van der Waals surface area contributed by atoms with Crippen LogP contribution >= 0.6 is 0 Å². The Bertz CT molecular complexity index is 2310. The van der Waals surface area contributed by atoms with E-state index in [2.05, 4.69) is 35.9 Å². The normalized spacial score (nSPS) is 18.6. The first kappa shape index (κ1) is 35.8. The molecule has 20 heteroatoms. The molecule has 4 atom stereocenters. The lowest BCUT2D eigenvalue weighted by atomic mass is 10.1. The van der Waals surface area contributed by atoms with E-state index in [1.807, 2.05) is 0 Å². The third-order valence-electron chi connectivity index (χ3n) is 8.77. The molecule has 0 saturated carbocycles. The second-order valence-corrected chi connectivity index (χ2v) is 12.0. The van der Waals surface area contributed by atoms with Crippen LogP contribution in [0.1, 0.15) is 49.6 Å². The van der Waals surface area contributed by atoms with Gasteiger partial charge >= 0.3 is 5.69 Å². The van der Waals surface area contributed by atoms with Gasteiger partial charge in [-0.15, -0.1) is 0 Å². The Morgan fingerprint density at radius 3 is 2.33 bits per heavy atom. The molecule has 1 aliphatic heterocycles. The molecule has 5 aromatic rings. The third-order valence-corrected chi connectivity index (χ3v) is 8.77. The molecule has 1 saturated heterocycles. The number of nitrogen functional groups attached to an aromatic ring is 1. The molecule has 0 radical (unpaired) electrons. The number of aliphatic hydroxyl groups is 2. The van der Waals surface area contributed by atoms with Gasteiger partial charge in [-0.3, -0.25) is 38.2 Å². The van der Waals surface area contributed by atoms with Crippen LogP contribution in [0.5, 0.6) is 0 Å². The molecular formula is C32H38N12O8. The zero-order valence-corrected chi connectivity index (χ0v) is 28.7. The quantitative estimate of drug-likeness (QED) is 0.0982. The number of nitrogens with zero attached hydrogens (tertiary/aromatic N) is 8. The van der Waals surface area contributed by atoms with Gasteiger partial charge in [-0.2, -0.15) is 9.97 Å². The summed E-state index contributed by atoms with van der Waals surface area (Å²) in [5, 5.41) is 29.0. The van der Waals surface area contributed by atoms with E-state index in [-0.39, 0.29) is 59.4 Å². The number of carbonyl (C=O) groups is 3. The third kappa shape index (κ3) is 6.37. The monoisotopic (exact) mass is 718 g/mol. The summed E-state index contributed by atoms with van der Waals surface area (Å²) in [6, 6.07) is 6.05. The maximum atomic E-state index is 13.1. The number of carbonyl (C=O) groups excluding carboxylic acids is 3. The summed E-state index contributed by atoms with van der Waals surface area (Å²) < 4.78 is 11.2. The van der Waals surface area contributed by atoms with Gasteiger partial charge in [0.1, 0.15) is 23.5 Å². The number of imidazole rings is 2. The number of aliphatic hydroxyl groups excluding tert-OH is 2. The maximum absolute atomic E-state index is 13.1. The fourth-order valence-electron chi connectivity index (χ4n) is 6.08. The lowest BCUT2D eigenvalue weighted by molar-refractivity contribution is -0.137. The van der Waals surface area contributed by atoms with Gasteiger partial charge in [0.15, 0.2) is 35.0 Å². The standard InChI is InChI=1S/C32H38N12O8/c1-5-34-28(49)23-21(46)22(47)30(52-23)44-14-35-19-24(33)38-31(39-25(19)44)40-27(48)15-8-10-16(11-9-15)36-18(45)13-12-17-37-26-20(41(17)4)29(50)43(7-3)32(51)42(26)6-2/h8-11,14,21-23,30,46-47H,5-7,12-13H2,1-4H3,(H,34,49)(H,36,45)(H3,33,38,39,40,48)/t21?,22-,23?,30-/m1/s1. The molecule has 1 aliphatic rings. The Balaban J connectivity index is 1.11. The number of ether oxygens (including phenoxy) is 1. The summed E-state index contributed by atoms with van der Waals surface area (Å²) in [5.41, 5.74) is 6.63. The van der Waals surface area contributed by atoms with Crippen LogP contribution < -0.4 is 32.9 Å². The van der Waals surface area contributed by atoms with E-state index in [1.54, 1.807) is 32.4 Å². The van der Waals surface area contributed by atoms with E-state index in [1.165, 1.54) is 39.7 Å². The highest BCUT2D eigenvalue weighted by Crippen LogP contribution is 2.32. The van der Waals surface area contributed by atoms with Crippen LogP contribution in [0.15, 0.2) is 40.2 Å². The number of nitrogens with one attached hydrogen (secondary N) is 3. The lowest BCUT2D eigenvalue weighted by Crippen LogP contribution is -2.42. The van der Waals surface area contributed by atoms with Crippen LogP contribution in [-0.4, -0.2) is 91.0 Å². The largest absolute Gasteiger partial charge is 0.387 e. The van der Waals surface area contributed by atoms with Crippen molar-refractivity contribution < 1.29 is 29.3 Å². The Morgan fingerprint density at radius 1 is 0.942 bits per heavy atom. The minimum absolute atomic E-state index is 0.0318. The summed E-state index contributed by atoms with van der Waals surface area (Å²) in [4.78, 5) is 81.1. The van der Waals surface area contributed by atoms with E-state index in [4.69, 9.17) is 10.5 Å². The fourth-order valence-corrected chi connectivity index (χ4v) is 6.08. The van der Waals surface area contributed by atoms with Gasteiger partial charge in [-0.05, 0) is 45.0 Å². The molecule has 274 valence electrons. The Hall–Kier alpha value is -5.99. The van der Waals surface area contributed by atoms with Gasteiger partial charge in [0, 0.05) is 50.8 Å². The number of aryl methyl sites for hydroxylation is 3. The average molecular weight is 719 g/mol. The number of hydrogen-bond donors (Lipinski definition) is 6. The van der Waals surface area contributed by atoms with E-state index < -0.39 is 47.6 Å². The van der Waals surface area contributed by atoms with E-state index in [9.17, 15) is 34.2 Å². The number of amides is 3. The Morgan fingerprint density at radius 2 is 1.65 bits per heavy atom. The smallest absolute Gasteiger partial charge is 0.332 e. The highest BCUT2D eigenvalue weighted by atomic mass is 16.6. The minimum Gasteiger partial charge on any atom is -0.387 e. The number of likely N-dealkylation sites (N-methyl/N-ethyl adjacent to an activating group) is 1. The van der Waals surface area contributed by atoms with Crippen molar-refractivity contribution in [3.63, 3.8) is 0 Å². The summed E-state index contributed by atoms with van der Waals surface area (Å²) in [5.74, 6) is -1.32. The van der Waals surface area contributed by atoms with Gasteiger partial charge in [0.05, 0.1) is 6.33 Å². The molecule has 4 aromatic heterocycles. The molecule has 0 spiro atoms. The first-order valence-corrected chi connectivity index (χ1v) is 16.6. The predicted octanol–water partition coefficient (Wildman–Crippen LogP) is -0.763. The summed E-state index contributed by atoms with van der Waals surface area (Å²) >= 11 is 0. The Labute approximate surface area is 294 Å². The molecule has 0 aliphatic carbocycles. The van der Waals surface area contributed by atoms with Crippen LogP contribution in [0.25, 0.3) is 22.3 Å². The molecule has 2 unspecified atom stereocenters. The van der Waals surface area contributed by atoms with E-state index >= 15 is 0 Å². The number of rotatable bonds is 11. The number of anilines is 3. The zero-order valence-electron chi connectivity index (χ0n) is 28.7. The van der Waals surface area contributed by atoms with E-state index in [0.717, 1.165) is 4.57 Å². The van der Waals surface area contributed by atoms with Crippen molar-refractivity contribution in [1.29, 1.82) is 0 Å². The lowest BCUT2D eigenvalue weighted by Gasteiger charge is -2.16. The topological polar surface area (TPSA) is 268 Å². The molecule has 6 rings (SSSR count). The second-order valence-electron chi connectivity index (χ2n) is 12.0. The number of benzene rings is 1. The molecule has 0 bridgehead atoms. The second kappa shape index (κ2) is 14.3. The highest BCUT2D eigenvalue weighted by Gasteiger charge is 2.47. The van der Waals surface area contributed by atoms with Gasteiger partial charge in [0.25, 0.3) is 17.4 Å². The summed E-state index contributed by atoms with van der Waals surface area (Å²) in [6.45, 7) is 6.06. The van der Waals surface area contributed by atoms with Crippen molar-refractivity contribution in [3.05, 3.63) is 62.8 Å². The number of hydrogen-bond acceptors (Lipinski definition) is 13. The highest BCUT2D eigenvalue weighted by molar-refractivity contribution is 6.04. The molecule has 5 heterocycles. The van der Waals surface area contributed by atoms with Crippen molar-refractivity contribution in [2.45, 2.75) is 71.2 Å². The molecule has 1 aromatic carbocycles. The molecule has 1 fully saturated rings. The molecular weight excluding hydrogens is 680 g/mol. The minimum atomic E-state index is -1.52. The maximum Gasteiger partial charge on any atom is 0.332 e. The molecule has 7 N–H and O–H groups in total. The number of nitrogens with two attached hydrogens (primary N) is 1. The fraction of sp³-hybridized carbons (Fsp3) is 0.406. The van der Waals surface area contributed by atoms with Crippen molar-refractivity contribution in [1.82, 2.24) is 43.5 Å². The SMILES string of the molecule is CCNC(=O)C1O[C@@H](n2cnc3c(N)nc(NC(=O)c4ccc(NC(=O)CCc5nc6c(c(=O)n(CC)c(=O)n6CC)n5C)cc4)nc32)[C@H](O)C1O. The Kier molecular flexibility index (Phi) is 9.87. The van der Waals surface area contributed by atoms with Crippen LogP contribution in [0.2, 0.25) is 0 Å². The molecule has 52 heavy (non-hydrogen) atoms. The van der Waals surface area contributed by atoms with Gasteiger partial charge in [0.2, 0.25) is 11.9 Å². The number of fused-ring (bicyclic) bond motifs is 2. The molecule has 3 amide bonds. The first-order chi connectivity index (χ1) is 24.9. The molecule has 20 nitrogen and oxygen atoms in total. The summed E-state index contributed by atoms with van der Waals surface area (Å²) in [7, 11) is 1.68. The van der Waals surface area contributed by atoms with Crippen molar-refractivity contribution in [3.8, 4) is 0 Å². The van der Waals surface area contributed by atoms with Gasteiger partial charge < -0.3 is 35.9 Å².